The van der Waals surface area contributed by atoms with Crippen LogP contribution in [0.3, 0.4) is 0 Å². The van der Waals surface area contributed by atoms with Crippen molar-refractivity contribution in [3.05, 3.63) is 65.7 Å². The second-order valence-corrected chi connectivity index (χ2v) is 5.52. The van der Waals surface area contributed by atoms with Crippen molar-refractivity contribution in [1.29, 1.82) is 0 Å². The molecule has 0 radical (unpaired) electrons. The summed E-state index contributed by atoms with van der Waals surface area (Å²) in [6.45, 7) is 3.77. The van der Waals surface area contributed by atoms with Gasteiger partial charge in [-0.05, 0) is 43.5 Å². The van der Waals surface area contributed by atoms with Gasteiger partial charge >= 0.3 is 0 Å². The van der Waals surface area contributed by atoms with Crippen LogP contribution in [0.15, 0.2) is 54.6 Å². The lowest BCUT2D eigenvalue weighted by Crippen LogP contribution is -2.32. The molecule has 0 spiro atoms. The van der Waals surface area contributed by atoms with Crippen LogP contribution in [0.1, 0.15) is 17.5 Å². The van der Waals surface area contributed by atoms with Crippen molar-refractivity contribution in [2.45, 2.75) is 25.9 Å². The quantitative estimate of drug-likeness (QED) is 0.700. The summed E-state index contributed by atoms with van der Waals surface area (Å²) in [6, 6.07) is 18.3. The highest BCUT2D eigenvalue weighted by molar-refractivity contribution is 5.31. The van der Waals surface area contributed by atoms with Crippen LogP contribution in [0.2, 0.25) is 0 Å². The van der Waals surface area contributed by atoms with Crippen molar-refractivity contribution >= 4 is 0 Å². The number of nitrogens with one attached hydrogen (secondary N) is 1. The fraction of sp³-hybridized carbons (Fsp3) is 0.368. The van der Waals surface area contributed by atoms with E-state index in [9.17, 15) is 5.11 Å². The maximum Gasteiger partial charge on any atom is 0.122 e. The van der Waals surface area contributed by atoms with Crippen molar-refractivity contribution in [1.82, 2.24) is 5.32 Å². The first kappa shape index (κ1) is 16.5. The molecule has 2 rings (SSSR count). The Morgan fingerprint density at radius 2 is 1.77 bits per heavy atom. The average molecular weight is 299 g/mol. The molecular weight excluding hydrogens is 274 g/mol. The van der Waals surface area contributed by atoms with Gasteiger partial charge < -0.3 is 15.2 Å². The minimum atomic E-state index is -0.490. The number of para-hydroxylation sites is 1. The molecule has 3 nitrogen and oxygen atoms in total. The third kappa shape index (κ3) is 5.88. The van der Waals surface area contributed by atoms with Gasteiger partial charge in [0.1, 0.15) is 18.5 Å². The summed E-state index contributed by atoms with van der Waals surface area (Å²) in [5, 5.41) is 13.2. The van der Waals surface area contributed by atoms with E-state index in [1.54, 1.807) is 0 Å². The van der Waals surface area contributed by atoms with E-state index in [0.29, 0.717) is 13.2 Å². The predicted octanol–water partition coefficient (Wildman–Crippen LogP) is 2.96. The highest BCUT2D eigenvalue weighted by Crippen LogP contribution is 2.16. The van der Waals surface area contributed by atoms with E-state index in [1.165, 1.54) is 5.56 Å². The molecule has 1 unspecified atom stereocenters. The number of aliphatic hydroxyl groups is 1. The van der Waals surface area contributed by atoms with E-state index in [1.807, 2.05) is 37.3 Å². The summed E-state index contributed by atoms with van der Waals surface area (Å²) in [5.41, 5.74) is 2.44. The maximum absolute atomic E-state index is 9.93. The van der Waals surface area contributed by atoms with Gasteiger partial charge in [0.05, 0.1) is 0 Å². The van der Waals surface area contributed by atoms with Gasteiger partial charge in [-0.3, -0.25) is 0 Å². The van der Waals surface area contributed by atoms with Crippen molar-refractivity contribution in [2.75, 3.05) is 19.7 Å². The lowest BCUT2D eigenvalue weighted by molar-refractivity contribution is 0.106. The molecule has 1 atom stereocenters. The Hall–Kier alpha value is -1.84. The monoisotopic (exact) mass is 299 g/mol. The Morgan fingerprint density at radius 1 is 1.05 bits per heavy atom. The first-order chi connectivity index (χ1) is 10.8. The first-order valence-corrected chi connectivity index (χ1v) is 7.87. The SMILES string of the molecule is Cc1ccccc1OCC(O)CNCCCc1ccccc1. The van der Waals surface area contributed by atoms with Crippen LogP contribution in [0.25, 0.3) is 0 Å². The third-order valence-electron chi connectivity index (χ3n) is 3.57. The normalized spacial score (nSPS) is 12.1. The number of ether oxygens (including phenoxy) is 1. The Labute approximate surface area is 133 Å². The van der Waals surface area contributed by atoms with Crippen LogP contribution in [0.4, 0.5) is 0 Å². The predicted molar refractivity (Wildman–Crippen MR) is 90.3 cm³/mol. The molecule has 0 amide bonds. The molecule has 3 heteroatoms. The van der Waals surface area contributed by atoms with Gasteiger partial charge in [-0.25, -0.2) is 0 Å². The molecule has 0 heterocycles. The van der Waals surface area contributed by atoms with Gasteiger partial charge in [-0.1, -0.05) is 48.5 Å². The van der Waals surface area contributed by atoms with Crippen LogP contribution in [0, 0.1) is 6.92 Å². The summed E-state index contributed by atoms with van der Waals surface area (Å²) in [4.78, 5) is 0. The number of aliphatic hydroxyl groups excluding tert-OH is 1. The first-order valence-electron chi connectivity index (χ1n) is 7.87. The summed E-state index contributed by atoms with van der Waals surface area (Å²) in [7, 11) is 0. The lowest BCUT2D eigenvalue weighted by Gasteiger charge is -2.14. The molecule has 2 N–H and O–H groups in total. The maximum atomic E-state index is 9.93. The minimum Gasteiger partial charge on any atom is -0.491 e. The third-order valence-corrected chi connectivity index (χ3v) is 3.57. The second kappa shape index (κ2) is 9.23. The van der Waals surface area contributed by atoms with Crippen LogP contribution in [-0.4, -0.2) is 30.9 Å². The molecule has 2 aromatic rings. The fourth-order valence-electron chi connectivity index (χ4n) is 2.29. The van der Waals surface area contributed by atoms with Crippen LogP contribution >= 0.6 is 0 Å². The summed E-state index contributed by atoms with van der Waals surface area (Å²) in [6.07, 6.45) is 1.63. The van der Waals surface area contributed by atoms with Crippen LogP contribution in [-0.2, 0) is 6.42 Å². The second-order valence-electron chi connectivity index (χ2n) is 5.52. The van der Waals surface area contributed by atoms with Gasteiger partial charge in [0, 0.05) is 6.54 Å². The Bertz CT molecular complexity index is 542. The lowest BCUT2D eigenvalue weighted by atomic mass is 10.1. The molecule has 0 aliphatic heterocycles. The van der Waals surface area contributed by atoms with E-state index in [-0.39, 0.29) is 0 Å². The molecule has 22 heavy (non-hydrogen) atoms. The molecule has 0 aliphatic carbocycles. The van der Waals surface area contributed by atoms with Crippen molar-refractivity contribution in [3.8, 4) is 5.75 Å². The molecule has 0 fully saturated rings. The summed E-state index contributed by atoms with van der Waals surface area (Å²) < 4.78 is 5.63. The van der Waals surface area contributed by atoms with E-state index in [2.05, 4.69) is 29.6 Å². The topological polar surface area (TPSA) is 41.5 Å². The number of aryl methyl sites for hydroxylation is 2. The van der Waals surface area contributed by atoms with E-state index in [4.69, 9.17) is 4.74 Å². The van der Waals surface area contributed by atoms with Gasteiger partial charge in [0.2, 0.25) is 0 Å². The highest BCUT2D eigenvalue weighted by atomic mass is 16.5. The Balaban J connectivity index is 1.56. The van der Waals surface area contributed by atoms with E-state index in [0.717, 1.165) is 30.7 Å². The number of hydrogen-bond acceptors (Lipinski definition) is 3. The van der Waals surface area contributed by atoms with Crippen LogP contribution in [0.5, 0.6) is 5.75 Å². The van der Waals surface area contributed by atoms with Crippen molar-refractivity contribution in [2.24, 2.45) is 0 Å². The highest BCUT2D eigenvalue weighted by Gasteiger charge is 2.05. The summed E-state index contributed by atoms with van der Waals surface area (Å²) in [5.74, 6) is 0.839. The molecule has 2 aromatic carbocycles. The number of benzene rings is 2. The molecule has 0 aliphatic rings. The van der Waals surface area contributed by atoms with E-state index >= 15 is 0 Å². The van der Waals surface area contributed by atoms with Gasteiger partial charge in [-0.15, -0.1) is 0 Å². The van der Waals surface area contributed by atoms with E-state index < -0.39 is 6.10 Å². The van der Waals surface area contributed by atoms with Gasteiger partial charge in [0.15, 0.2) is 0 Å². The van der Waals surface area contributed by atoms with Crippen molar-refractivity contribution in [3.63, 3.8) is 0 Å². The Kier molecular flexibility index (Phi) is 6.94. The number of hydrogen-bond donors (Lipinski definition) is 2. The molecule has 118 valence electrons. The fourth-order valence-corrected chi connectivity index (χ4v) is 2.29. The smallest absolute Gasteiger partial charge is 0.122 e. The largest absolute Gasteiger partial charge is 0.491 e. The molecule has 0 saturated carbocycles. The zero-order chi connectivity index (χ0) is 15.6. The molecule has 0 aromatic heterocycles. The zero-order valence-corrected chi connectivity index (χ0v) is 13.2. The molecular formula is C19H25NO2. The van der Waals surface area contributed by atoms with Gasteiger partial charge in [-0.2, -0.15) is 0 Å². The molecule has 0 saturated heterocycles. The Morgan fingerprint density at radius 3 is 2.55 bits per heavy atom. The zero-order valence-electron chi connectivity index (χ0n) is 13.2. The minimum absolute atomic E-state index is 0.316. The standard InChI is InChI=1S/C19H25NO2/c1-16-8-5-6-12-19(16)22-15-18(21)14-20-13-7-11-17-9-3-2-4-10-17/h2-6,8-10,12,18,20-21H,7,11,13-15H2,1H3. The molecule has 0 bridgehead atoms. The number of rotatable bonds is 9. The average Bonchev–Trinajstić information content (AvgIpc) is 2.55. The summed E-state index contributed by atoms with van der Waals surface area (Å²) >= 11 is 0. The van der Waals surface area contributed by atoms with Crippen LogP contribution < -0.4 is 10.1 Å². The van der Waals surface area contributed by atoms with Crippen molar-refractivity contribution < 1.29 is 9.84 Å². The van der Waals surface area contributed by atoms with Gasteiger partial charge in [0.25, 0.3) is 0 Å².